The first-order valence-electron chi connectivity index (χ1n) is 7.85. The summed E-state index contributed by atoms with van der Waals surface area (Å²) in [5.74, 6) is -0.268. The topological polar surface area (TPSA) is 64.9 Å². The molecule has 1 amide bonds. The van der Waals surface area contributed by atoms with Gasteiger partial charge in [-0.25, -0.2) is 4.39 Å². The van der Waals surface area contributed by atoms with E-state index in [9.17, 15) is 9.18 Å². The van der Waals surface area contributed by atoms with Gasteiger partial charge in [0.2, 0.25) is 6.41 Å². The lowest BCUT2D eigenvalue weighted by atomic mass is 9.94. The van der Waals surface area contributed by atoms with Crippen LogP contribution in [0.2, 0.25) is 0 Å². The van der Waals surface area contributed by atoms with Crippen LogP contribution in [0.5, 0.6) is 0 Å². The Kier molecular flexibility index (Phi) is 6.32. The van der Waals surface area contributed by atoms with Gasteiger partial charge in [-0.3, -0.25) is 4.79 Å². The lowest BCUT2D eigenvalue weighted by Gasteiger charge is -2.22. The van der Waals surface area contributed by atoms with Gasteiger partial charge >= 0.3 is 0 Å². The number of carbonyl (C=O) groups is 1. The number of nitriles is 1. The molecule has 4 nitrogen and oxygen atoms in total. The summed E-state index contributed by atoms with van der Waals surface area (Å²) in [6.07, 6.45) is 6.20. The Balaban J connectivity index is 0.000000249. The summed E-state index contributed by atoms with van der Waals surface area (Å²) in [7, 11) is 0. The van der Waals surface area contributed by atoms with Crippen molar-refractivity contribution < 1.29 is 9.18 Å². The standard InChI is InChI=1S/C14H12FNO.C5H8N2/c1-10-6-11(8-12(7-10)16-9-17)13-4-2-3-5-14(13)15;6-4-7-5-2-1-3-5/h2-9H,1H3,(H,16,17);5,7H,1-3H2. The first-order valence-corrected chi connectivity index (χ1v) is 7.85. The Hall–Kier alpha value is -2.87. The number of hydrogen-bond acceptors (Lipinski definition) is 3. The van der Waals surface area contributed by atoms with Crippen molar-refractivity contribution in [2.24, 2.45) is 0 Å². The van der Waals surface area contributed by atoms with E-state index in [1.54, 1.807) is 24.3 Å². The summed E-state index contributed by atoms with van der Waals surface area (Å²) in [4.78, 5) is 10.4. The highest BCUT2D eigenvalue weighted by atomic mass is 19.1. The molecule has 0 atom stereocenters. The maximum Gasteiger partial charge on any atom is 0.211 e. The second-order valence-corrected chi connectivity index (χ2v) is 5.71. The Morgan fingerprint density at radius 3 is 2.54 bits per heavy atom. The predicted molar refractivity (Wildman–Crippen MR) is 92.6 cm³/mol. The van der Waals surface area contributed by atoms with Gasteiger partial charge in [0, 0.05) is 17.3 Å². The van der Waals surface area contributed by atoms with Crippen molar-refractivity contribution in [3.63, 3.8) is 0 Å². The molecule has 0 bridgehead atoms. The predicted octanol–water partition coefficient (Wildman–Crippen LogP) is 3.98. The van der Waals surface area contributed by atoms with Gasteiger partial charge in [-0.1, -0.05) is 24.3 Å². The highest BCUT2D eigenvalue weighted by Crippen LogP contribution is 2.26. The first-order chi connectivity index (χ1) is 11.6. The summed E-state index contributed by atoms with van der Waals surface area (Å²) in [6.45, 7) is 1.90. The molecule has 5 heteroatoms. The molecule has 1 aliphatic carbocycles. The van der Waals surface area contributed by atoms with Crippen LogP contribution in [0.1, 0.15) is 24.8 Å². The van der Waals surface area contributed by atoms with Crippen molar-refractivity contribution in [3.8, 4) is 17.3 Å². The molecule has 0 spiro atoms. The van der Waals surface area contributed by atoms with Gasteiger partial charge in [0.15, 0.2) is 6.19 Å². The number of hydrogen-bond donors (Lipinski definition) is 2. The zero-order valence-electron chi connectivity index (χ0n) is 13.6. The summed E-state index contributed by atoms with van der Waals surface area (Å²) in [5, 5.41) is 13.3. The normalized spacial score (nSPS) is 12.9. The summed E-state index contributed by atoms with van der Waals surface area (Å²) in [6, 6.07) is 12.6. The summed E-state index contributed by atoms with van der Waals surface area (Å²) < 4.78 is 13.6. The number of benzene rings is 2. The lowest BCUT2D eigenvalue weighted by Crippen LogP contribution is -2.31. The molecule has 24 heavy (non-hydrogen) atoms. The van der Waals surface area contributed by atoms with Crippen LogP contribution < -0.4 is 10.6 Å². The van der Waals surface area contributed by atoms with Crippen LogP contribution in [0.4, 0.5) is 10.1 Å². The van der Waals surface area contributed by atoms with Gasteiger partial charge in [-0.2, -0.15) is 5.26 Å². The fraction of sp³-hybridized carbons (Fsp3) is 0.263. The molecular weight excluding hydrogens is 305 g/mol. The van der Waals surface area contributed by atoms with Gasteiger partial charge in [0.05, 0.1) is 0 Å². The van der Waals surface area contributed by atoms with Crippen molar-refractivity contribution in [1.82, 2.24) is 5.32 Å². The number of halogens is 1. The van der Waals surface area contributed by atoms with E-state index in [0.29, 0.717) is 23.7 Å². The van der Waals surface area contributed by atoms with Crippen LogP contribution in [0.15, 0.2) is 42.5 Å². The van der Waals surface area contributed by atoms with Crippen molar-refractivity contribution in [2.45, 2.75) is 32.2 Å². The third kappa shape index (κ3) is 4.82. The smallest absolute Gasteiger partial charge is 0.211 e. The minimum Gasteiger partial charge on any atom is -0.329 e. The average Bonchev–Trinajstić information content (AvgIpc) is 2.52. The molecule has 0 radical (unpaired) electrons. The monoisotopic (exact) mass is 325 g/mol. The number of anilines is 1. The van der Waals surface area contributed by atoms with Gasteiger partial charge in [0.1, 0.15) is 5.82 Å². The van der Waals surface area contributed by atoms with E-state index < -0.39 is 0 Å². The summed E-state index contributed by atoms with van der Waals surface area (Å²) >= 11 is 0. The van der Waals surface area contributed by atoms with Crippen molar-refractivity contribution in [2.75, 3.05) is 5.32 Å². The first kappa shape index (κ1) is 17.5. The maximum absolute atomic E-state index is 13.6. The second kappa shape index (κ2) is 8.68. The zero-order valence-corrected chi connectivity index (χ0v) is 13.6. The van der Waals surface area contributed by atoms with Crippen LogP contribution in [0, 0.1) is 24.2 Å². The second-order valence-electron chi connectivity index (χ2n) is 5.71. The van der Waals surface area contributed by atoms with Crippen LogP contribution in [-0.2, 0) is 4.79 Å². The molecule has 0 unspecified atom stereocenters. The third-order valence-corrected chi connectivity index (χ3v) is 3.86. The number of amides is 1. The minimum absolute atomic E-state index is 0.268. The molecule has 2 aromatic rings. The molecule has 3 rings (SSSR count). The van der Waals surface area contributed by atoms with E-state index >= 15 is 0 Å². The van der Waals surface area contributed by atoms with Crippen LogP contribution in [0.25, 0.3) is 11.1 Å². The van der Waals surface area contributed by atoms with Crippen LogP contribution in [0.3, 0.4) is 0 Å². The van der Waals surface area contributed by atoms with E-state index in [0.717, 1.165) is 11.1 Å². The van der Waals surface area contributed by atoms with E-state index in [4.69, 9.17) is 5.26 Å². The minimum atomic E-state index is -0.268. The third-order valence-electron chi connectivity index (χ3n) is 3.86. The molecule has 0 saturated heterocycles. The van der Waals surface area contributed by atoms with E-state index in [-0.39, 0.29) is 5.82 Å². The van der Waals surface area contributed by atoms with Crippen LogP contribution >= 0.6 is 0 Å². The SMILES string of the molecule is Cc1cc(NC=O)cc(-c2ccccc2F)c1.N#CNC1CCC1. The molecule has 2 N–H and O–H groups in total. The van der Waals surface area contributed by atoms with Crippen molar-refractivity contribution in [1.29, 1.82) is 5.26 Å². The fourth-order valence-electron chi connectivity index (χ4n) is 2.43. The Bertz CT molecular complexity index is 736. The molecule has 2 aromatic carbocycles. The fourth-order valence-corrected chi connectivity index (χ4v) is 2.43. The number of carbonyl (C=O) groups excluding carboxylic acids is 1. The van der Waals surface area contributed by atoms with E-state index in [1.165, 1.54) is 25.3 Å². The highest BCUT2D eigenvalue weighted by Gasteiger charge is 2.15. The van der Waals surface area contributed by atoms with Crippen molar-refractivity contribution in [3.05, 3.63) is 53.8 Å². The number of rotatable bonds is 4. The molecule has 1 fully saturated rings. The number of nitrogens with one attached hydrogen (secondary N) is 2. The maximum atomic E-state index is 13.6. The molecule has 0 aromatic heterocycles. The largest absolute Gasteiger partial charge is 0.329 e. The molecule has 124 valence electrons. The van der Waals surface area contributed by atoms with Gasteiger partial charge in [0.25, 0.3) is 0 Å². The van der Waals surface area contributed by atoms with E-state index in [2.05, 4.69) is 10.6 Å². The molecule has 1 saturated carbocycles. The van der Waals surface area contributed by atoms with E-state index in [1.807, 2.05) is 25.2 Å². The lowest BCUT2D eigenvalue weighted by molar-refractivity contribution is -0.105. The van der Waals surface area contributed by atoms with Crippen LogP contribution in [-0.4, -0.2) is 12.5 Å². The molecule has 0 heterocycles. The summed E-state index contributed by atoms with van der Waals surface area (Å²) in [5.41, 5.74) is 2.92. The Morgan fingerprint density at radius 2 is 2.00 bits per heavy atom. The zero-order chi connectivity index (χ0) is 17.4. The van der Waals surface area contributed by atoms with Gasteiger partial charge < -0.3 is 10.6 Å². The number of aryl methyl sites for hydroxylation is 1. The molecule has 1 aliphatic rings. The van der Waals surface area contributed by atoms with Gasteiger partial charge in [-0.05, 0) is 55.5 Å². The quantitative estimate of drug-likeness (QED) is 0.508. The molecule has 0 aliphatic heterocycles. The molecular formula is C19H20FN3O. The van der Waals surface area contributed by atoms with Gasteiger partial charge in [-0.15, -0.1) is 0 Å². The van der Waals surface area contributed by atoms with Crippen molar-refractivity contribution >= 4 is 12.1 Å². The number of nitrogens with zero attached hydrogens (tertiary/aromatic N) is 1. The Morgan fingerprint density at radius 1 is 1.25 bits per heavy atom. The average molecular weight is 325 g/mol. The highest BCUT2D eigenvalue weighted by molar-refractivity contribution is 5.76. The Labute approximate surface area is 141 Å².